The summed E-state index contributed by atoms with van der Waals surface area (Å²) in [5.41, 5.74) is 1.48. The fourth-order valence-electron chi connectivity index (χ4n) is 7.02. The van der Waals surface area contributed by atoms with E-state index in [2.05, 4.69) is 29.4 Å². The van der Waals surface area contributed by atoms with Gasteiger partial charge in [-0.2, -0.15) is 0 Å². The largest absolute Gasteiger partial charge is 0.300 e. The van der Waals surface area contributed by atoms with E-state index in [1.54, 1.807) is 23.1 Å². The van der Waals surface area contributed by atoms with Crippen molar-refractivity contribution in [2.75, 3.05) is 11.1 Å². The lowest BCUT2D eigenvalue weighted by Gasteiger charge is -2.56. The predicted octanol–water partition coefficient (Wildman–Crippen LogP) is 6.17. The summed E-state index contributed by atoms with van der Waals surface area (Å²) < 4.78 is 0. The van der Waals surface area contributed by atoms with Gasteiger partial charge in [0, 0.05) is 15.7 Å². The number of amides is 1. The Morgan fingerprint density at radius 2 is 1.74 bits per heavy atom. The molecular formula is C25H31N5OS3. The predicted molar refractivity (Wildman–Crippen MR) is 140 cm³/mol. The number of nitrogens with one attached hydrogen (secondary N) is 1. The zero-order chi connectivity index (χ0) is 23.4. The first-order valence-corrected chi connectivity index (χ1v) is 15.1. The Hall–Kier alpha value is -1.58. The Kier molecular flexibility index (Phi) is 5.93. The summed E-state index contributed by atoms with van der Waals surface area (Å²) >= 11 is 4.79. The highest BCUT2D eigenvalue weighted by atomic mass is 32.2. The number of aromatic nitrogens is 4. The molecule has 0 unspecified atom stereocenters. The quantitative estimate of drug-likeness (QED) is 0.300. The number of carbonyl (C=O) groups is 1. The third-order valence-corrected chi connectivity index (χ3v) is 11.0. The second kappa shape index (κ2) is 8.82. The molecule has 0 aromatic carbocycles. The average molecular weight is 514 g/mol. The van der Waals surface area contributed by atoms with Gasteiger partial charge in [-0.3, -0.25) is 10.1 Å². The lowest BCUT2D eigenvalue weighted by atomic mass is 9.49. The molecule has 0 spiro atoms. The van der Waals surface area contributed by atoms with Crippen LogP contribution < -0.4 is 5.32 Å². The van der Waals surface area contributed by atoms with Crippen molar-refractivity contribution in [3.63, 3.8) is 0 Å². The summed E-state index contributed by atoms with van der Waals surface area (Å²) in [6.07, 6.45) is 9.75. The van der Waals surface area contributed by atoms with E-state index >= 15 is 0 Å². The molecule has 34 heavy (non-hydrogen) atoms. The number of aryl methyl sites for hydroxylation is 3. The standard InChI is InChI=1S/C25H31N5OS3/c1-4-17-13(3)33-22-20(17)21(32-12-18(31)26-24-30-29-19(5-2)34-24)27-23(28-22)25-9-14-6-15(10-25)8-16(7-14)11-25/h14-16H,4-12H2,1-3H3,(H,26,30,31). The number of rotatable bonds is 7. The molecule has 4 bridgehead atoms. The van der Waals surface area contributed by atoms with Crippen molar-refractivity contribution >= 4 is 55.7 Å². The molecule has 1 amide bonds. The number of thioether (sulfide) groups is 1. The van der Waals surface area contributed by atoms with Gasteiger partial charge in [0.1, 0.15) is 20.7 Å². The molecule has 4 saturated carbocycles. The molecule has 3 heterocycles. The van der Waals surface area contributed by atoms with E-state index in [1.807, 2.05) is 6.92 Å². The van der Waals surface area contributed by atoms with Crippen molar-refractivity contribution in [3.8, 4) is 0 Å². The highest BCUT2D eigenvalue weighted by molar-refractivity contribution is 8.00. The first-order valence-electron chi connectivity index (χ1n) is 12.5. The van der Waals surface area contributed by atoms with Crippen LogP contribution in [0.3, 0.4) is 0 Å². The fraction of sp³-hybridized carbons (Fsp3) is 0.640. The summed E-state index contributed by atoms with van der Waals surface area (Å²) in [4.78, 5) is 25.7. The van der Waals surface area contributed by atoms with Crippen molar-refractivity contribution in [1.29, 1.82) is 0 Å². The van der Waals surface area contributed by atoms with Crippen LogP contribution in [0.4, 0.5) is 5.13 Å². The molecule has 0 aliphatic heterocycles. The molecule has 3 aromatic rings. The molecule has 6 nitrogen and oxygen atoms in total. The van der Waals surface area contributed by atoms with Crippen LogP contribution >= 0.6 is 34.4 Å². The SMILES string of the molecule is CCc1nnc(NC(=O)CSc2nc(C34CC5CC(CC(C5)C3)C4)nc3sc(C)c(CC)c23)s1. The topological polar surface area (TPSA) is 80.7 Å². The van der Waals surface area contributed by atoms with Gasteiger partial charge in [-0.15, -0.1) is 21.5 Å². The molecule has 9 heteroatoms. The minimum atomic E-state index is -0.0584. The summed E-state index contributed by atoms with van der Waals surface area (Å²) in [5.74, 6) is 3.86. The van der Waals surface area contributed by atoms with Crippen molar-refractivity contribution in [2.24, 2.45) is 17.8 Å². The maximum atomic E-state index is 12.8. The minimum absolute atomic E-state index is 0.0584. The maximum Gasteiger partial charge on any atom is 0.236 e. The fourth-order valence-corrected chi connectivity index (χ4v) is 9.75. The molecule has 7 rings (SSSR count). The van der Waals surface area contributed by atoms with Crippen LogP contribution in [0, 0.1) is 24.7 Å². The maximum absolute atomic E-state index is 12.8. The number of hydrogen-bond acceptors (Lipinski definition) is 8. The first kappa shape index (κ1) is 22.9. The van der Waals surface area contributed by atoms with E-state index in [1.165, 1.54) is 65.7 Å². The van der Waals surface area contributed by atoms with Crippen LogP contribution in [0.1, 0.15) is 73.6 Å². The molecule has 4 aliphatic carbocycles. The van der Waals surface area contributed by atoms with Gasteiger partial charge in [-0.1, -0.05) is 36.9 Å². The molecule has 3 aromatic heterocycles. The Morgan fingerprint density at radius 1 is 1.03 bits per heavy atom. The monoisotopic (exact) mass is 513 g/mol. The van der Waals surface area contributed by atoms with Crippen LogP contribution in [-0.2, 0) is 23.1 Å². The Labute approximate surface area is 212 Å². The molecule has 4 fully saturated rings. The second-order valence-corrected chi connectivity index (χ2v) is 13.6. The zero-order valence-corrected chi connectivity index (χ0v) is 22.5. The third-order valence-electron chi connectivity index (χ3n) is 8.04. The molecule has 4 aliphatic rings. The molecule has 0 radical (unpaired) electrons. The van der Waals surface area contributed by atoms with E-state index < -0.39 is 0 Å². The van der Waals surface area contributed by atoms with E-state index in [4.69, 9.17) is 9.97 Å². The number of anilines is 1. The molecule has 1 N–H and O–H groups in total. The highest BCUT2D eigenvalue weighted by Crippen LogP contribution is 2.60. The van der Waals surface area contributed by atoms with Crippen molar-refractivity contribution in [3.05, 3.63) is 21.3 Å². The van der Waals surface area contributed by atoms with Crippen LogP contribution in [0.5, 0.6) is 0 Å². The van der Waals surface area contributed by atoms with Crippen molar-refractivity contribution < 1.29 is 4.79 Å². The van der Waals surface area contributed by atoms with E-state index in [9.17, 15) is 4.79 Å². The van der Waals surface area contributed by atoms with Gasteiger partial charge in [0.05, 0.1) is 5.75 Å². The summed E-state index contributed by atoms with van der Waals surface area (Å²) in [7, 11) is 0. The number of carbonyl (C=O) groups excluding carboxylic acids is 1. The van der Waals surface area contributed by atoms with E-state index in [0.717, 1.165) is 51.3 Å². The van der Waals surface area contributed by atoms with Crippen LogP contribution in [-0.4, -0.2) is 31.8 Å². The number of nitrogens with zero attached hydrogens (tertiary/aromatic N) is 4. The van der Waals surface area contributed by atoms with Crippen LogP contribution in [0.25, 0.3) is 10.2 Å². The first-order chi connectivity index (χ1) is 16.5. The number of hydrogen-bond donors (Lipinski definition) is 1. The van der Waals surface area contributed by atoms with Gasteiger partial charge in [0.15, 0.2) is 0 Å². The van der Waals surface area contributed by atoms with Gasteiger partial charge in [0.2, 0.25) is 11.0 Å². The van der Waals surface area contributed by atoms with E-state index in [-0.39, 0.29) is 11.3 Å². The number of thiophene rings is 1. The lowest BCUT2D eigenvalue weighted by Crippen LogP contribution is -2.49. The summed E-state index contributed by atoms with van der Waals surface area (Å²) in [6.45, 7) is 6.43. The second-order valence-electron chi connectivity index (χ2n) is 10.4. The zero-order valence-electron chi connectivity index (χ0n) is 20.0. The van der Waals surface area contributed by atoms with Gasteiger partial charge in [0.25, 0.3) is 0 Å². The Morgan fingerprint density at radius 3 is 2.35 bits per heavy atom. The summed E-state index contributed by atoms with van der Waals surface area (Å²) in [6, 6.07) is 0. The Balaban J connectivity index is 1.32. The lowest BCUT2D eigenvalue weighted by molar-refractivity contribution is -0.113. The average Bonchev–Trinajstić information content (AvgIpc) is 3.39. The molecule has 0 saturated heterocycles. The van der Waals surface area contributed by atoms with Crippen LogP contribution in [0.15, 0.2) is 5.03 Å². The van der Waals surface area contributed by atoms with Gasteiger partial charge in [-0.05, 0) is 81.6 Å². The summed E-state index contributed by atoms with van der Waals surface area (Å²) in [5, 5.41) is 14.8. The molecular weight excluding hydrogens is 483 g/mol. The van der Waals surface area contributed by atoms with Crippen LogP contribution in [0.2, 0.25) is 0 Å². The van der Waals surface area contributed by atoms with E-state index in [0.29, 0.717) is 10.9 Å². The van der Waals surface area contributed by atoms with Gasteiger partial charge >= 0.3 is 0 Å². The molecule has 0 atom stereocenters. The highest BCUT2D eigenvalue weighted by Gasteiger charge is 2.53. The minimum Gasteiger partial charge on any atom is -0.300 e. The van der Waals surface area contributed by atoms with Crippen molar-refractivity contribution in [2.45, 2.75) is 82.6 Å². The smallest absolute Gasteiger partial charge is 0.236 e. The normalized spacial score (nSPS) is 27.6. The van der Waals surface area contributed by atoms with Gasteiger partial charge < -0.3 is 0 Å². The number of fused-ring (bicyclic) bond motifs is 1. The molecule has 180 valence electrons. The Bertz CT molecular complexity index is 1210. The van der Waals surface area contributed by atoms with Gasteiger partial charge in [-0.25, -0.2) is 9.97 Å². The third kappa shape index (κ3) is 3.97. The van der Waals surface area contributed by atoms with Crippen molar-refractivity contribution in [1.82, 2.24) is 20.2 Å².